The first-order valence-corrected chi connectivity index (χ1v) is 8.79. The first-order valence-electron chi connectivity index (χ1n) is 8.00. The standard InChI is InChI=1S/C18H17BrFN5O/c1-24(11-14-6-2-3-8-16(14)20)18(26)12-25-22-17(21-23-25)10-13-5-4-7-15(19)9-13/h2-9H,10-12H2,1H3. The zero-order valence-corrected chi connectivity index (χ0v) is 15.7. The monoisotopic (exact) mass is 417 g/mol. The van der Waals surface area contributed by atoms with E-state index in [9.17, 15) is 9.18 Å². The molecule has 0 saturated carbocycles. The Morgan fingerprint density at radius 2 is 2.04 bits per heavy atom. The van der Waals surface area contributed by atoms with E-state index in [2.05, 4.69) is 31.3 Å². The van der Waals surface area contributed by atoms with Gasteiger partial charge in [0, 0.05) is 30.0 Å². The molecule has 0 bridgehead atoms. The molecule has 1 amide bonds. The highest BCUT2D eigenvalue weighted by molar-refractivity contribution is 9.10. The van der Waals surface area contributed by atoms with Gasteiger partial charge in [-0.05, 0) is 29.0 Å². The van der Waals surface area contributed by atoms with Crippen molar-refractivity contribution in [2.24, 2.45) is 0 Å². The first kappa shape index (κ1) is 18.2. The molecule has 2 aromatic carbocycles. The van der Waals surface area contributed by atoms with Gasteiger partial charge in [-0.2, -0.15) is 4.80 Å². The average molecular weight is 418 g/mol. The maximum absolute atomic E-state index is 13.7. The Morgan fingerprint density at radius 1 is 1.23 bits per heavy atom. The topological polar surface area (TPSA) is 63.9 Å². The van der Waals surface area contributed by atoms with Gasteiger partial charge < -0.3 is 4.90 Å². The molecule has 0 N–H and O–H groups in total. The summed E-state index contributed by atoms with van der Waals surface area (Å²) >= 11 is 3.42. The average Bonchev–Trinajstić information content (AvgIpc) is 3.03. The van der Waals surface area contributed by atoms with Crippen molar-refractivity contribution in [3.05, 3.63) is 75.8 Å². The van der Waals surface area contributed by atoms with Crippen molar-refractivity contribution in [3.63, 3.8) is 0 Å². The van der Waals surface area contributed by atoms with Gasteiger partial charge in [-0.25, -0.2) is 4.39 Å². The smallest absolute Gasteiger partial charge is 0.246 e. The molecule has 0 aliphatic heterocycles. The lowest BCUT2D eigenvalue weighted by molar-refractivity contribution is -0.131. The SMILES string of the molecule is CN(Cc1ccccc1F)C(=O)Cn1nnc(Cc2cccc(Br)c2)n1. The molecule has 3 aromatic rings. The number of likely N-dealkylation sites (N-methyl/N-ethyl adjacent to an activating group) is 1. The van der Waals surface area contributed by atoms with Crippen LogP contribution in [0.2, 0.25) is 0 Å². The summed E-state index contributed by atoms with van der Waals surface area (Å²) in [6, 6.07) is 14.2. The Labute approximate surface area is 158 Å². The summed E-state index contributed by atoms with van der Waals surface area (Å²) in [5, 5.41) is 12.2. The number of hydrogen-bond acceptors (Lipinski definition) is 4. The van der Waals surface area contributed by atoms with Crippen LogP contribution in [-0.4, -0.2) is 38.1 Å². The molecule has 0 spiro atoms. The highest BCUT2D eigenvalue weighted by Gasteiger charge is 2.14. The largest absolute Gasteiger partial charge is 0.340 e. The van der Waals surface area contributed by atoms with Crippen molar-refractivity contribution >= 4 is 21.8 Å². The van der Waals surface area contributed by atoms with Crippen molar-refractivity contribution in [3.8, 4) is 0 Å². The summed E-state index contributed by atoms with van der Waals surface area (Å²) in [5.41, 5.74) is 1.51. The molecule has 134 valence electrons. The number of nitrogens with zero attached hydrogens (tertiary/aromatic N) is 5. The second kappa shape index (κ2) is 8.18. The van der Waals surface area contributed by atoms with Gasteiger partial charge in [-0.1, -0.05) is 46.3 Å². The Kier molecular flexibility index (Phi) is 5.72. The lowest BCUT2D eigenvalue weighted by Crippen LogP contribution is -2.30. The molecule has 6 nitrogen and oxygen atoms in total. The van der Waals surface area contributed by atoms with E-state index in [0.717, 1.165) is 10.0 Å². The summed E-state index contributed by atoms with van der Waals surface area (Å²) in [6.07, 6.45) is 0.526. The van der Waals surface area contributed by atoms with Crippen LogP contribution in [-0.2, 0) is 24.3 Å². The number of amides is 1. The quantitative estimate of drug-likeness (QED) is 0.618. The highest BCUT2D eigenvalue weighted by Crippen LogP contribution is 2.13. The molecule has 0 unspecified atom stereocenters. The summed E-state index contributed by atoms with van der Waals surface area (Å²) in [5.74, 6) is -0.0188. The van der Waals surface area contributed by atoms with E-state index in [0.29, 0.717) is 17.8 Å². The van der Waals surface area contributed by atoms with E-state index in [-0.39, 0.29) is 24.8 Å². The van der Waals surface area contributed by atoms with Gasteiger partial charge in [-0.15, -0.1) is 10.2 Å². The molecule has 0 saturated heterocycles. The van der Waals surface area contributed by atoms with Gasteiger partial charge in [-0.3, -0.25) is 4.79 Å². The Hall–Kier alpha value is -2.61. The minimum atomic E-state index is -0.331. The van der Waals surface area contributed by atoms with Crippen LogP contribution in [0.15, 0.2) is 53.0 Å². The van der Waals surface area contributed by atoms with E-state index in [1.54, 1.807) is 25.2 Å². The molecule has 0 aliphatic carbocycles. The molecule has 0 fully saturated rings. The van der Waals surface area contributed by atoms with Crippen LogP contribution in [0.3, 0.4) is 0 Å². The van der Waals surface area contributed by atoms with Crippen molar-refractivity contribution in [2.45, 2.75) is 19.5 Å². The van der Waals surface area contributed by atoms with Crippen LogP contribution >= 0.6 is 15.9 Å². The second-order valence-corrected chi connectivity index (χ2v) is 6.80. The molecule has 26 heavy (non-hydrogen) atoms. The van der Waals surface area contributed by atoms with Gasteiger partial charge in [0.1, 0.15) is 12.4 Å². The molecule has 1 heterocycles. The lowest BCUT2D eigenvalue weighted by Gasteiger charge is -2.17. The first-order chi connectivity index (χ1) is 12.5. The minimum absolute atomic E-state index is 0.0452. The molecular weight excluding hydrogens is 401 g/mol. The summed E-state index contributed by atoms with van der Waals surface area (Å²) in [7, 11) is 1.62. The number of carbonyl (C=O) groups excluding carboxylic acids is 1. The fraction of sp³-hybridized carbons (Fsp3) is 0.222. The number of rotatable bonds is 6. The van der Waals surface area contributed by atoms with Crippen LogP contribution in [0.25, 0.3) is 0 Å². The van der Waals surface area contributed by atoms with Gasteiger partial charge >= 0.3 is 0 Å². The van der Waals surface area contributed by atoms with Crippen LogP contribution in [0.4, 0.5) is 4.39 Å². The van der Waals surface area contributed by atoms with E-state index in [4.69, 9.17) is 0 Å². The van der Waals surface area contributed by atoms with Crippen molar-refractivity contribution < 1.29 is 9.18 Å². The Morgan fingerprint density at radius 3 is 2.81 bits per heavy atom. The molecular formula is C18H17BrFN5O. The maximum atomic E-state index is 13.7. The molecule has 1 aromatic heterocycles. The van der Waals surface area contributed by atoms with Crippen LogP contribution in [0, 0.1) is 5.82 Å². The lowest BCUT2D eigenvalue weighted by atomic mass is 10.1. The van der Waals surface area contributed by atoms with Crippen molar-refractivity contribution in [2.75, 3.05) is 7.05 Å². The molecule has 0 aliphatic rings. The zero-order chi connectivity index (χ0) is 18.5. The van der Waals surface area contributed by atoms with E-state index < -0.39 is 0 Å². The maximum Gasteiger partial charge on any atom is 0.246 e. The number of benzene rings is 2. The number of hydrogen-bond donors (Lipinski definition) is 0. The third kappa shape index (κ3) is 4.72. The third-order valence-corrected chi connectivity index (χ3v) is 4.31. The number of carbonyl (C=O) groups is 1. The second-order valence-electron chi connectivity index (χ2n) is 5.88. The predicted molar refractivity (Wildman–Crippen MR) is 97.6 cm³/mol. The molecule has 0 atom stereocenters. The van der Waals surface area contributed by atoms with Crippen molar-refractivity contribution in [1.29, 1.82) is 0 Å². The van der Waals surface area contributed by atoms with E-state index in [1.165, 1.54) is 15.8 Å². The van der Waals surface area contributed by atoms with Crippen LogP contribution in [0.1, 0.15) is 17.0 Å². The number of halogens is 2. The van der Waals surface area contributed by atoms with Gasteiger partial charge in [0.2, 0.25) is 5.91 Å². The fourth-order valence-corrected chi connectivity index (χ4v) is 2.90. The van der Waals surface area contributed by atoms with Gasteiger partial charge in [0.05, 0.1) is 0 Å². The minimum Gasteiger partial charge on any atom is -0.340 e. The van der Waals surface area contributed by atoms with Crippen molar-refractivity contribution in [1.82, 2.24) is 25.1 Å². The number of aromatic nitrogens is 4. The summed E-state index contributed by atoms with van der Waals surface area (Å²) in [6.45, 7) is 0.140. The molecule has 8 heteroatoms. The van der Waals surface area contributed by atoms with Crippen LogP contribution in [0.5, 0.6) is 0 Å². The van der Waals surface area contributed by atoms with Gasteiger partial charge in [0.25, 0.3) is 0 Å². The van der Waals surface area contributed by atoms with Crippen LogP contribution < -0.4 is 0 Å². The fourth-order valence-electron chi connectivity index (χ4n) is 2.46. The zero-order valence-electron chi connectivity index (χ0n) is 14.1. The van der Waals surface area contributed by atoms with Gasteiger partial charge in [0.15, 0.2) is 5.82 Å². The summed E-state index contributed by atoms with van der Waals surface area (Å²) in [4.78, 5) is 15.0. The Bertz CT molecular complexity index is 914. The highest BCUT2D eigenvalue weighted by atomic mass is 79.9. The Balaban J connectivity index is 1.59. The summed E-state index contributed by atoms with van der Waals surface area (Å²) < 4.78 is 14.7. The molecule has 0 radical (unpaired) electrons. The molecule has 3 rings (SSSR count). The predicted octanol–water partition coefficient (Wildman–Crippen LogP) is 2.82. The van der Waals surface area contributed by atoms with E-state index in [1.807, 2.05) is 24.3 Å². The normalized spacial score (nSPS) is 10.7. The number of tetrazole rings is 1. The third-order valence-electron chi connectivity index (χ3n) is 3.81. The van der Waals surface area contributed by atoms with E-state index >= 15 is 0 Å².